The molecule has 1 N–H and O–H groups in total. The standard InChI is InChI=1S/C18H19FN2O/c19-17-9-5-4-8-16(17)18(22)21-11-10-20-13-15(21)12-14-6-2-1-3-7-14/h1-9,15,20H,10-13H2. The molecule has 0 spiro atoms. The van der Waals surface area contributed by atoms with Crippen molar-refractivity contribution >= 4 is 5.91 Å². The van der Waals surface area contributed by atoms with E-state index in [1.54, 1.807) is 23.1 Å². The third-order valence-electron chi connectivity index (χ3n) is 4.03. The molecule has 2 aromatic rings. The number of nitrogens with one attached hydrogen (secondary N) is 1. The fourth-order valence-corrected chi connectivity index (χ4v) is 2.89. The van der Waals surface area contributed by atoms with Gasteiger partial charge in [-0.1, -0.05) is 42.5 Å². The molecule has 1 fully saturated rings. The normalized spacial score (nSPS) is 18.2. The van der Waals surface area contributed by atoms with Crippen LogP contribution in [0.3, 0.4) is 0 Å². The topological polar surface area (TPSA) is 32.3 Å². The van der Waals surface area contributed by atoms with E-state index in [2.05, 4.69) is 17.4 Å². The minimum absolute atomic E-state index is 0.0447. The van der Waals surface area contributed by atoms with Crippen LogP contribution in [0.1, 0.15) is 15.9 Å². The number of piperazine rings is 1. The van der Waals surface area contributed by atoms with Crippen molar-refractivity contribution < 1.29 is 9.18 Å². The average molecular weight is 298 g/mol. The fraction of sp³-hybridized carbons (Fsp3) is 0.278. The third kappa shape index (κ3) is 3.17. The second kappa shape index (κ2) is 6.71. The lowest BCUT2D eigenvalue weighted by Gasteiger charge is -2.36. The van der Waals surface area contributed by atoms with Crippen LogP contribution in [0.4, 0.5) is 4.39 Å². The Morgan fingerprint density at radius 3 is 2.64 bits per heavy atom. The molecular formula is C18H19FN2O. The van der Waals surface area contributed by atoms with E-state index in [0.29, 0.717) is 6.54 Å². The zero-order valence-corrected chi connectivity index (χ0v) is 12.3. The molecule has 1 aliphatic heterocycles. The lowest BCUT2D eigenvalue weighted by molar-refractivity contribution is 0.0631. The molecule has 1 unspecified atom stereocenters. The summed E-state index contributed by atoms with van der Waals surface area (Å²) in [5, 5.41) is 3.32. The first kappa shape index (κ1) is 14.7. The molecule has 22 heavy (non-hydrogen) atoms. The van der Waals surface area contributed by atoms with Crippen molar-refractivity contribution in [2.45, 2.75) is 12.5 Å². The van der Waals surface area contributed by atoms with Crippen LogP contribution in [-0.4, -0.2) is 36.5 Å². The van der Waals surface area contributed by atoms with Crippen molar-refractivity contribution in [3.63, 3.8) is 0 Å². The molecule has 0 radical (unpaired) electrons. The number of benzene rings is 2. The van der Waals surface area contributed by atoms with Crippen molar-refractivity contribution in [3.8, 4) is 0 Å². The molecule has 1 amide bonds. The van der Waals surface area contributed by atoms with Gasteiger partial charge in [-0.05, 0) is 24.1 Å². The Labute approximate surface area is 129 Å². The van der Waals surface area contributed by atoms with Crippen molar-refractivity contribution in [2.24, 2.45) is 0 Å². The molecule has 1 atom stereocenters. The van der Waals surface area contributed by atoms with Gasteiger partial charge in [-0.2, -0.15) is 0 Å². The molecule has 114 valence electrons. The average Bonchev–Trinajstić information content (AvgIpc) is 2.56. The number of rotatable bonds is 3. The first-order valence-electron chi connectivity index (χ1n) is 7.56. The second-order valence-electron chi connectivity index (χ2n) is 5.53. The Hall–Kier alpha value is -2.20. The number of carbonyl (C=O) groups is 1. The molecular weight excluding hydrogens is 279 g/mol. The van der Waals surface area contributed by atoms with Crippen LogP contribution in [0.25, 0.3) is 0 Å². The first-order chi connectivity index (χ1) is 10.8. The molecule has 1 heterocycles. The monoisotopic (exact) mass is 298 g/mol. The van der Waals surface area contributed by atoms with Gasteiger partial charge in [-0.15, -0.1) is 0 Å². The van der Waals surface area contributed by atoms with Gasteiger partial charge < -0.3 is 10.2 Å². The summed E-state index contributed by atoms with van der Waals surface area (Å²) in [6.07, 6.45) is 0.772. The lowest BCUT2D eigenvalue weighted by Crippen LogP contribution is -2.54. The van der Waals surface area contributed by atoms with Gasteiger partial charge in [0, 0.05) is 25.7 Å². The highest BCUT2D eigenvalue weighted by atomic mass is 19.1. The second-order valence-corrected chi connectivity index (χ2v) is 5.53. The Morgan fingerprint density at radius 2 is 1.86 bits per heavy atom. The van der Waals surface area contributed by atoms with E-state index < -0.39 is 5.82 Å². The largest absolute Gasteiger partial charge is 0.333 e. The highest BCUT2D eigenvalue weighted by Gasteiger charge is 2.28. The van der Waals surface area contributed by atoms with Crippen LogP contribution in [0.15, 0.2) is 54.6 Å². The number of hydrogen-bond donors (Lipinski definition) is 1. The minimum atomic E-state index is -0.454. The Morgan fingerprint density at radius 1 is 1.14 bits per heavy atom. The van der Waals surface area contributed by atoms with E-state index in [1.165, 1.54) is 11.6 Å². The summed E-state index contributed by atoms with van der Waals surface area (Å²) in [4.78, 5) is 14.5. The molecule has 0 aliphatic carbocycles. The minimum Gasteiger partial charge on any atom is -0.333 e. The van der Waals surface area contributed by atoms with E-state index in [1.807, 2.05) is 18.2 Å². The van der Waals surface area contributed by atoms with Gasteiger partial charge in [0.2, 0.25) is 0 Å². The molecule has 4 heteroatoms. The number of hydrogen-bond acceptors (Lipinski definition) is 2. The molecule has 3 nitrogen and oxygen atoms in total. The van der Waals surface area contributed by atoms with Crippen LogP contribution < -0.4 is 5.32 Å². The summed E-state index contributed by atoms with van der Waals surface area (Å²) in [5.74, 6) is -0.676. The highest BCUT2D eigenvalue weighted by molar-refractivity contribution is 5.94. The summed E-state index contributed by atoms with van der Waals surface area (Å²) in [6.45, 7) is 2.07. The highest BCUT2D eigenvalue weighted by Crippen LogP contribution is 2.16. The van der Waals surface area contributed by atoms with Gasteiger partial charge in [0.1, 0.15) is 5.82 Å². The summed E-state index contributed by atoms with van der Waals surface area (Å²) >= 11 is 0. The van der Waals surface area contributed by atoms with E-state index in [0.717, 1.165) is 19.5 Å². The Bertz CT molecular complexity index is 645. The van der Waals surface area contributed by atoms with E-state index in [-0.39, 0.29) is 17.5 Å². The van der Waals surface area contributed by atoms with E-state index >= 15 is 0 Å². The predicted octanol–water partition coefficient (Wildman–Crippen LogP) is 2.48. The molecule has 1 aliphatic rings. The molecule has 2 aromatic carbocycles. The SMILES string of the molecule is O=C(c1ccccc1F)N1CCNCC1Cc1ccccc1. The van der Waals surface area contributed by atoms with E-state index in [4.69, 9.17) is 0 Å². The van der Waals surface area contributed by atoms with Crippen LogP contribution in [0, 0.1) is 5.82 Å². The number of amides is 1. The quantitative estimate of drug-likeness (QED) is 0.944. The fourth-order valence-electron chi connectivity index (χ4n) is 2.89. The number of halogens is 1. The van der Waals surface area contributed by atoms with Crippen molar-refractivity contribution in [1.82, 2.24) is 10.2 Å². The Kier molecular flexibility index (Phi) is 4.49. The summed E-state index contributed by atoms with van der Waals surface area (Å²) in [7, 11) is 0. The van der Waals surface area contributed by atoms with Gasteiger partial charge in [0.25, 0.3) is 5.91 Å². The Balaban J connectivity index is 1.80. The first-order valence-corrected chi connectivity index (χ1v) is 7.56. The zero-order chi connectivity index (χ0) is 15.4. The van der Waals surface area contributed by atoms with Gasteiger partial charge in [-0.25, -0.2) is 4.39 Å². The van der Waals surface area contributed by atoms with Gasteiger partial charge in [0.15, 0.2) is 0 Å². The molecule has 1 saturated heterocycles. The van der Waals surface area contributed by atoms with Crippen molar-refractivity contribution in [1.29, 1.82) is 0 Å². The maximum atomic E-state index is 13.9. The van der Waals surface area contributed by atoms with E-state index in [9.17, 15) is 9.18 Å². The summed E-state index contributed by atoms with van der Waals surface area (Å²) in [6, 6.07) is 16.3. The lowest BCUT2D eigenvalue weighted by atomic mass is 10.0. The molecule has 3 rings (SSSR count). The number of nitrogens with zero attached hydrogens (tertiary/aromatic N) is 1. The molecule has 0 saturated carbocycles. The molecule has 0 bridgehead atoms. The van der Waals surface area contributed by atoms with Crippen molar-refractivity contribution in [3.05, 3.63) is 71.5 Å². The van der Waals surface area contributed by atoms with Gasteiger partial charge >= 0.3 is 0 Å². The van der Waals surface area contributed by atoms with Crippen LogP contribution >= 0.6 is 0 Å². The maximum absolute atomic E-state index is 13.9. The van der Waals surface area contributed by atoms with Crippen LogP contribution in [0.2, 0.25) is 0 Å². The van der Waals surface area contributed by atoms with Crippen LogP contribution in [-0.2, 0) is 6.42 Å². The van der Waals surface area contributed by atoms with Gasteiger partial charge in [-0.3, -0.25) is 4.79 Å². The maximum Gasteiger partial charge on any atom is 0.257 e. The zero-order valence-electron chi connectivity index (χ0n) is 12.3. The predicted molar refractivity (Wildman–Crippen MR) is 84.2 cm³/mol. The summed E-state index contributed by atoms with van der Waals surface area (Å²) in [5.41, 5.74) is 1.34. The van der Waals surface area contributed by atoms with Crippen molar-refractivity contribution in [2.75, 3.05) is 19.6 Å². The third-order valence-corrected chi connectivity index (χ3v) is 4.03. The smallest absolute Gasteiger partial charge is 0.257 e. The van der Waals surface area contributed by atoms with Crippen LogP contribution in [0.5, 0.6) is 0 Å². The molecule has 0 aromatic heterocycles. The van der Waals surface area contributed by atoms with Gasteiger partial charge in [0.05, 0.1) is 5.56 Å². The summed E-state index contributed by atoms with van der Waals surface area (Å²) < 4.78 is 13.9. The number of carbonyl (C=O) groups excluding carboxylic acids is 1.